The van der Waals surface area contributed by atoms with Crippen LogP contribution in [0.5, 0.6) is 0 Å². The molecule has 20 heavy (non-hydrogen) atoms. The zero-order chi connectivity index (χ0) is 14.5. The van der Waals surface area contributed by atoms with Crippen LogP contribution < -0.4 is 10.6 Å². The number of pyridine rings is 1. The number of hydrogen-bond acceptors (Lipinski definition) is 3. The predicted octanol–water partition coefficient (Wildman–Crippen LogP) is 3.52. The van der Waals surface area contributed by atoms with Gasteiger partial charge in [0, 0.05) is 18.6 Å². The van der Waals surface area contributed by atoms with Crippen molar-refractivity contribution in [3.63, 3.8) is 0 Å². The highest BCUT2D eigenvalue weighted by atomic mass is 15.2. The Labute approximate surface area is 121 Å². The highest BCUT2D eigenvalue weighted by Crippen LogP contribution is 2.20. The van der Waals surface area contributed by atoms with Crippen LogP contribution >= 0.6 is 0 Å². The van der Waals surface area contributed by atoms with Crippen LogP contribution in [0.3, 0.4) is 0 Å². The van der Waals surface area contributed by atoms with Crippen LogP contribution in [0.4, 0.5) is 5.69 Å². The quantitative estimate of drug-likeness (QED) is 0.903. The summed E-state index contributed by atoms with van der Waals surface area (Å²) in [5, 5.41) is 0. The lowest BCUT2D eigenvalue weighted by Crippen LogP contribution is -2.30. The third kappa shape index (κ3) is 3.58. The van der Waals surface area contributed by atoms with Gasteiger partial charge in [-0.05, 0) is 38.5 Å². The van der Waals surface area contributed by atoms with Crippen molar-refractivity contribution in [1.29, 1.82) is 0 Å². The summed E-state index contributed by atoms with van der Waals surface area (Å²) in [6.45, 7) is 7.23. The summed E-state index contributed by atoms with van der Waals surface area (Å²) in [6.07, 6.45) is 1.92. The van der Waals surface area contributed by atoms with E-state index in [0.717, 1.165) is 17.9 Å². The minimum Gasteiger partial charge on any atom is -0.364 e. The third-order valence-electron chi connectivity index (χ3n) is 3.39. The Morgan fingerprint density at radius 2 is 1.75 bits per heavy atom. The zero-order valence-electron chi connectivity index (χ0n) is 12.5. The standard InChI is InChI=1S/C17H23N3/c1-13(2)20(12-15-7-5-4-6-8-15)16-9-10-17(14(3)18)19-11-16/h4-11,13-14H,12,18H2,1-3H3/t14-/m0/s1. The first-order chi connectivity index (χ1) is 9.58. The van der Waals surface area contributed by atoms with Crippen molar-refractivity contribution in [2.75, 3.05) is 4.90 Å². The smallest absolute Gasteiger partial charge is 0.0569 e. The van der Waals surface area contributed by atoms with Crippen molar-refractivity contribution in [2.45, 2.75) is 39.4 Å². The molecule has 3 nitrogen and oxygen atoms in total. The Morgan fingerprint density at radius 1 is 1.05 bits per heavy atom. The maximum atomic E-state index is 5.85. The SMILES string of the molecule is CC(C)N(Cc1ccccc1)c1ccc([C@H](C)N)nc1. The molecule has 1 aromatic carbocycles. The van der Waals surface area contributed by atoms with Gasteiger partial charge in [-0.1, -0.05) is 30.3 Å². The van der Waals surface area contributed by atoms with E-state index in [9.17, 15) is 0 Å². The van der Waals surface area contributed by atoms with E-state index in [1.807, 2.05) is 25.3 Å². The average Bonchev–Trinajstić information content (AvgIpc) is 2.45. The topological polar surface area (TPSA) is 42.1 Å². The van der Waals surface area contributed by atoms with Crippen LogP contribution in [0, 0.1) is 0 Å². The van der Waals surface area contributed by atoms with Gasteiger partial charge in [-0.15, -0.1) is 0 Å². The van der Waals surface area contributed by atoms with E-state index < -0.39 is 0 Å². The van der Waals surface area contributed by atoms with Crippen molar-refractivity contribution < 1.29 is 0 Å². The van der Waals surface area contributed by atoms with Crippen LogP contribution in [-0.2, 0) is 6.54 Å². The second-order valence-electron chi connectivity index (χ2n) is 5.44. The normalized spacial score (nSPS) is 12.4. The lowest BCUT2D eigenvalue weighted by atomic mass is 10.1. The molecule has 1 aromatic heterocycles. The van der Waals surface area contributed by atoms with Gasteiger partial charge in [0.25, 0.3) is 0 Å². The summed E-state index contributed by atoms with van der Waals surface area (Å²) in [5.74, 6) is 0. The Balaban J connectivity index is 2.20. The van der Waals surface area contributed by atoms with Crippen LogP contribution in [0.25, 0.3) is 0 Å². The fourth-order valence-electron chi connectivity index (χ4n) is 2.19. The van der Waals surface area contributed by atoms with Crippen LogP contribution in [0.15, 0.2) is 48.7 Å². The first kappa shape index (κ1) is 14.5. The molecule has 0 radical (unpaired) electrons. The molecule has 0 aliphatic rings. The van der Waals surface area contributed by atoms with Gasteiger partial charge >= 0.3 is 0 Å². The average molecular weight is 269 g/mol. The van der Waals surface area contributed by atoms with Gasteiger partial charge in [0.1, 0.15) is 0 Å². The Kier molecular flexibility index (Phi) is 4.74. The summed E-state index contributed by atoms with van der Waals surface area (Å²) < 4.78 is 0. The number of anilines is 1. The minimum atomic E-state index is -0.0225. The van der Waals surface area contributed by atoms with E-state index in [4.69, 9.17) is 5.73 Å². The van der Waals surface area contributed by atoms with Crippen molar-refractivity contribution in [3.05, 3.63) is 59.9 Å². The van der Waals surface area contributed by atoms with E-state index in [2.05, 4.69) is 54.1 Å². The second-order valence-corrected chi connectivity index (χ2v) is 5.44. The molecule has 0 spiro atoms. The number of nitrogens with two attached hydrogens (primary N) is 1. The third-order valence-corrected chi connectivity index (χ3v) is 3.39. The predicted molar refractivity (Wildman–Crippen MR) is 84.6 cm³/mol. The number of aromatic nitrogens is 1. The molecule has 0 unspecified atom stereocenters. The molecule has 106 valence electrons. The Bertz CT molecular complexity index is 518. The fourth-order valence-corrected chi connectivity index (χ4v) is 2.19. The maximum Gasteiger partial charge on any atom is 0.0569 e. The second kappa shape index (κ2) is 6.53. The Hall–Kier alpha value is -1.87. The summed E-state index contributed by atoms with van der Waals surface area (Å²) in [6, 6.07) is 15.0. The van der Waals surface area contributed by atoms with Crippen LogP contribution in [-0.4, -0.2) is 11.0 Å². The summed E-state index contributed by atoms with van der Waals surface area (Å²) in [7, 11) is 0. The molecule has 0 saturated carbocycles. The van der Waals surface area contributed by atoms with Gasteiger partial charge in [0.15, 0.2) is 0 Å². The van der Waals surface area contributed by atoms with Crippen molar-refractivity contribution in [1.82, 2.24) is 4.98 Å². The minimum absolute atomic E-state index is 0.0225. The van der Waals surface area contributed by atoms with Gasteiger partial charge in [0.2, 0.25) is 0 Å². The molecule has 3 heteroatoms. The molecule has 0 aliphatic heterocycles. The van der Waals surface area contributed by atoms with Crippen molar-refractivity contribution >= 4 is 5.69 Å². The largest absolute Gasteiger partial charge is 0.364 e. The van der Waals surface area contributed by atoms with E-state index in [1.54, 1.807) is 0 Å². The molecule has 2 rings (SSSR count). The van der Waals surface area contributed by atoms with Crippen molar-refractivity contribution in [3.8, 4) is 0 Å². The number of hydrogen-bond donors (Lipinski definition) is 1. The number of benzene rings is 1. The molecule has 1 atom stereocenters. The zero-order valence-corrected chi connectivity index (χ0v) is 12.5. The summed E-state index contributed by atoms with van der Waals surface area (Å²) in [4.78, 5) is 6.80. The van der Waals surface area contributed by atoms with Gasteiger partial charge in [-0.2, -0.15) is 0 Å². The van der Waals surface area contributed by atoms with Gasteiger partial charge in [-0.3, -0.25) is 4.98 Å². The van der Waals surface area contributed by atoms with Gasteiger partial charge < -0.3 is 10.6 Å². The molecule has 0 aliphatic carbocycles. The molecule has 2 N–H and O–H groups in total. The van der Waals surface area contributed by atoms with E-state index in [-0.39, 0.29) is 6.04 Å². The van der Waals surface area contributed by atoms with Gasteiger partial charge in [-0.25, -0.2) is 0 Å². The Morgan fingerprint density at radius 3 is 2.25 bits per heavy atom. The number of nitrogens with zero attached hydrogens (tertiary/aromatic N) is 2. The lowest BCUT2D eigenvalue weighted by molar-refractivity contribution is 0.679. The van der Waals surface area contributed by atoms with Crippen molar-refractivity contribution in [2.24, 2.45) is 5.73 Å². The monoisotopic (exact) mass is 269 g/mol. The molecule has 0 saturated heterocycles. The van der Waals surface area contributed by atoms with Crippen LogP contribution in [0.2, 0.25) is 0 Å². The fraction of sp³-hybridized carbons (Fsp3) is 0.353. The van der Waals surface area contributed by atoms with E-state index >= 15 is 0 Å². The summed E-state index contributed by atoms with van der Waals surface area (Å²) >= 11 is 0. The lowest BCUT2D eigenvalue weighted by Gasteiger charge is -2.29. The molecule has 1 heterocycles. The maximum absolute atomic E-state index is 5.85. The first-order valence-electron chi connectivity index (χ1n) is 7.10. The summed E-state index contributed by atoms with van der Waals surface area (Å²) in [5.41, 5.74) is 9.21. The molecule has 0 fully saturated rings. The molecule has 0 amide bonds. The van der Waals surface area contributed by atoms with Crippen LogP contribution in [0.1, 0.15) is 38.1 Å². The van der Waals surface area contributed by atoms with E-state index in [0.29, 0.717) is 6.04 Å². The van der Waals surface area contributed by atoms with Gasteiger partial charge in [0.05, 0.1) is 17.6 Å². The number of rotatable bonds is 5. The molecular formula is C17H23N3. The highest BCUT2D eigenvalue weighted by Gasteiger charge is 2.12. The first-order valence-corrected chi connectivity index (χ1v) is 7.10. The van der Waals surface area contributed by atoms with E-state index in [1.165, 1.54) is 5.56 Å². The molecule has 0 bridgehead atoms. The molecule has 2 aromatic rings. The molecular weight excluding hydrogens is 246 g/mol. The highest BCUT2D eigenvalue weighted by molar-refractivity contribution is 5.46.